The van der Waals surface area contributed by atoms with Crippen molar-refractivity contribution in [1.29, 1.82) is 0 Å². The Morgan fingerprint density at radius 3 is 2.73 bits per heavy atom. The Bertz CT molecular complexity index is 1120. The molecule has 1 N–H and O–H groups in total. The van der Waals surface area contributed by atoms with Crippen LogP contribution in [0.15, 0.2) is 39.9 Å². The molecule has 0 fully saturated rings. The Hall–Kier alpha value is -2.53. The molecule has 26 heavy (non-hydrogen) atoms. The van der Waals surface area contributed by atoms with E-state index in [9.17, 15) is 14.7 Å². The van der Waals surface area contributed by atoms with Crippen LogP contribution >= 0.6 is 11.6 Å². The average molecular weight is 372 g/mol. The van der Waals surface area contributed by atoms with E-state index >= 15 is 0 Å². The molecule has 4 rings (SSSR count). The zero-order chi connectivity index (χ0) is 18.8. The molecule has 1 aliphatic heterocycles. The van der Waals surface area contributed by atoms with Gasteiger partial charge in [-0.3, -0.25) is 4.79 Å². The van der Waals surface area contributed by atoms with Gasteiger partial charge in [-0.05, 0) is 29.5 Å². The van der Waals surface area contributed by atoms with Crippen molar-refractivity contribution in [1.82, 2.24) is 4.57 Å². The molecule has 5 nitrogen and oxygen atoms in total. The summed E-state index contributed by atoms with van der Waals surface area (Å²) in [4.78, 5) is 23.8. The summed E-state index contributed by atoms with van der Waals surface area (Å²) in [6, 6.07) is 5.08. The minimum absolute atomic E-state index is 0.0111. The summed E-state index contributed by atoms with van der Waals surface area (Å²) in [6.45, 7) is 6.31. The standard InChI is InChI=1S/C20H18ClNO4/c1-20(2,3)17-7-11-10-4-5-26-18(10)14(21)6-12(11)15-8-16(23)13(19(24)25)9-22(15)17/h4-6,8-9,17H,7H2,1-3H3,(H,24,25)/t17-/m0/s1. The second kappa shape index (κ2) is 5.48. The molecule has 0 saturated carbocycles. The number of hydrogen-bond donors (Lipinski definition) is 1. The molecule has 0 bridgehead atoms. The van der Waals surface area contributed by atoms with Crippen LogP contribution in [0.25, 0.3) is 22.2 Å². The molecule has 2 aromatic heterocycles. The van der Waals surface area contributed by atoms with Crippen molar-refractivity contribution in [3.8, 4) is 11.3 Å². The predicted octanol–water partition coefficient (Wildman–Crippen LogP) is 4.76. The van der Waals surface area contributed by atoms with Gasteiger partial charge in [0, 0.05) is 29.3 Å². The number of aromatic nitrogens is 1. The number of nitrogens with zero attached hydrogens (tertiary/aromatic N) is 1. The van der Waals surface area contributed by atoms with Crippen molar-refractivity contribution in [2.75, 3.05) is 0 Å². The fourth-order valence-corrected chi connectivity index (χ4v) is 4.06. The summed E-state index contributed by atoms with van der Waals surface area (Å²) < 4.78 is 7.43. The molecule has 0 radical (unpaired) electrons. The maximum Gasteiger partial charge on any atom is 0.341 e. The zero-order valence-electron chi connectivity index (χ0n) is 14.7. The van der Waals surface area contributed by atoms with Crippen LogP contribution in [0.3, 0.4) is 0 Å². The van der Waals surface area contributed by atoms with Gasteiger partial charge in [-0.2, -0.15) is 0 Å². The SMILES string of the molecule is CC(C)(C)[C@@H]1Cc2c(cc(Cl)c3occc23)-c2cc(=O)c(C(=O)O)cn21. The summed E-state index contributed by atoms with van der Waals surface area (Å²) in [7, 11) is 0. The normalized spacial score (nSPS) is 16.4. The van der Waals surface area contributed by atoms with Gasteiger partial charge in [-0.1, -0.05) is 32.4 Å². The van der Waals surface area contributed by atoms with Gasteiger partial charge in [0.05, 0.1) is 17.0 Å². The number of rotatable bonds is 1. The lowest BCUT2D eigenvalue weighted by atomic mass is 9.78. The molecule has 3 aromatic rings. The third-order valence-corrected chi connectivity index (χ3v) is 5.40. The van der Waals surface area contributed by atoms with E-state index in [1.807, 2.05) is 10.6 Å². The number of fused-ring (bicyclic) bond motifs is 5. The Morgan fingerprint density at radius 2 is 2.08 bits per heavy atom. The topological polar surface area (TPSA) is 72.4 Å². The average Bonchev–Trinajstić information content (AvgIpc) is 3.03. The fraction of sp³-hybridized carbons (Fsp3) is 0.300. The highest BCUT2D eigenvalue weighted by Gasteiger charge is 2.34. The molecule has 134 valence electrons. The summed E-state index contributed by atoms with van der Waals surface area (Å²) in [5.41, 5.74) is 2.36. The monoisotopic (exact) mass is 371 g/mol. The first-order chi connectivity index (χ1) is 12.2. The van der Waals surface area contributed by atoms with Gasteiger partial charge in [0.2, 0.25) is 0 Å². The minimum Gasteiger partial charge on any atom is -0.477 e. The van der Waals surface area contributed by atoms with Crippen molar-refractivity contribution in [3.05, 3.63) is 57.0 Å². The van der Waals surface area contributed by atoms with E-state index in [0.29, 0.717) is 22.7 Å². The smallest absolute Gasteiger partial charge is 0.341 e. The largest absolute Gasteiger partial charge is 0.477 e. The number of carbonyl (C=O) groups is 1. The molecular weight excluding hydrogens is 354 g/mol. The van der Waals surface area contributed by atoms with Crippen LogP contribution < -0.4 is 5.43 Å². The summed E-state index contributed by atoms with van der Waals surface area (Å²) in [5, 5.41) is 10.8. The Labute approximate surface area is 154 Å². The number of hydrogen-bond acceptors (Lipinski definition) is 3. The lowest BCUT2D eigenvalue weighted by molar-refractivity contribution is 0.0693. The number of furan rings is 1. The zero-order valence-corrected chi connectivity index (χ0v) is 15.4. The molecule has 1 aromatic carbocycles. The summed E-state index contributed by atoms with van der Waals surface area (Å²) >= 11 is 6.37. The maximum atomic E-state index is 12.4. The first kappa shape index (κ1) is 16.9. The van der Waals surface area contributed by atoms with Gasteiger partial charge in [-0.15, -0.1) is 0 Å². The molecule has 3 heterocycles. The van der Waals surface area contributed by atoms with Gasteiger partial charge in [0.1, 0.15) is 5.56 Å². The van der Waals surface area contributed by atoms with Gasteiger partial charge in [0.25, 0.3) is 0 Å². The van der Waals surface area contributed by atoms with E-state index in [0.717, 1.165) is 16.5 Å². The third kappa shape index (κ3) is 2.38. The van der Waals surface area contributed by atoms with E-state index in [-0.39, 0.29) is 17.0 Å². The van der Waals surface area contributed by atoms with E-state index in [1.54, 1.807) is 12.3 Å². The highest BCUT2D eigenvalue weighted by Crippen LogP contribution is 2.46. The summed E-state index contributed by atoms with van der Waals surface area (Å²) in [5.74, 6) is -1.22. The van der Waals surface area contributed by atoms with E-state index in [1.165, 1.54) is 12.3 Å². The molecular formula is C20H18ClNO4. The third-order valence-electron chi connectivity index (χ3n) is 5.12. The van der Waals surface area contributed by atoms with Crippen LogP contribution in [0.1, 0.15) is 42.7 Å². The number of benzene rings is 1. The first-order valence-corrected chi connectivity index (χ1v) is 8.74. The second-order valence-corrected chi connectivity index (χ2v) is 8.19. The highest BCUT2D eigenvalue weighted by atomic mass is 35.5. The van der Waals surface area contributed by atoms with Crippen LogP contribution in [0, 0.1) is 5.41 Å². The molecule has 0 saturated heterocycles. The molecule has 0 unspecified atom stereocenters. The lowest BCUT2D eigenvalue weighted by Gasteiger charge is -2.39. The highest BCUT2D eigenvalue weighted by molar-refractivity contribution is 6.35. The number of aromatic carboxylic acids is 1. The van der Waals surface area contributed by atoms with E-state index < -0.39 is 11.4 Å². The van der Waals surface area contributed by atoms with Gasteiger partial charge < -0.3 is 14.1 Å². The maximum absolute atomic E-state index is 12.4. The first-order valence-electron chi connectivity index (χ1n) is 8.37. The Kier molecular flexibility index (Phi) is 3.57. The van der Waals surface area contributed by atoms with Gasteiger partial charge >= 0.3 is 5.97 Å². The van der Waals surface area contributed by atoms with Crippen LogP contribution in [-0.2, 0) is 6.42 Å². The van der Waals surface area contributed by atoms with Gasteiger partial charge in [-0.25, -0.2) is 4.79 Å². The fourth-order valence-electron chi connectivity index (χ4n) is 3.80. The van der Waals surface area contributed by atoms with Gasteiger partial charge in [0.15, 0.2) is 11.0 Å². The van der Waals surface area contributed by atoms with Crippen molar-refractivity contribution in [2.24, 2.45) is 5.41 Å². The number of pyridine rings is 1. The van der Waals surface area contributed by atoms with Crippen LogP contribution in [0.4, 0.5) is 0 Å². The van der Waals surface area contributed by atoms with Crippen molar-refractivity contribution < 1.29 is 14.3 Å². The predicted molar refractivity (Wildman–Crippen MR) is 100 cm³/mol. The van der Waals surface area contributed by atoms with Crippen LogP contribution in [-0.4, -0.2) is 15.6 Å². The Morgan fingerprint density at radius 1 is 1.35 bits per heavy atom. The second-order valence-electron chi connectivity index (χ2n) is 7.78. The molecule has 1 aliphatic rings. The van der Waals surface area contributed by atoms with Crippen molar-refractivity contribution in [3.63, 3.8) is 0 Å². The van der Waals surface area contributed by atoms with Crippen LogP contribution in [0.5, 0.6) is 0 Å². The van der Waals surface area contributed by atoms with Crippen molar-refractivity contribution in [2.45, 2.75) is 33.2 Å². The molecule has 1 atom stereocenters. The Balaban J connectivity index is 2.11. The van der Waals surface area contributed by atoms with Crippen LogP contribution in [0.2, 0.25) is 5.02 Å². The molecule has 0 spiro atoms. The van der Waals surface area contributed by atoms with Crippen molar-refractivity contribution >= 4 is 28.5 Å². The summed E-state index contributed by atoms with van der Waals surface area (Å²) in [6.07, 6.45) is 3.77. The minimum atomic E-state index is -1.22. The lowest BCUT2D eigenvalue weighted by Crippen LogP contribution is -2.32. The number of halogens is 1. The van der Waals surface area contributed by atoms with E-state index in [2.05, 4.69) is 20.8 Å². The molecule has 0 amide bonds. The molecule has 6 heteroatoms. The number of carboxylic acids is 1. The molecule has 0 aliphatic carbocycles. The quantitative estimate of drug-likeness (QED) is 0.669. The van der Waals surface area contributed by atoms with E-state index in [4.69, 9.17) is 16.0 Å². The number of carboxylic acid groups (broad SMARTS) is 1.